The quantitative estimate of drug-likeness (QED) is 0.614. The van der Waals surface area contributed by atoms with Crippen molar-refractivity contribution in [2.75, 3.05) is 0 Å². The third-order valence-corrected chi connectivity index (χ3v) is 5.86. The first-order valence-electron chi connectivity index (χ1n) is 11.0. The second-order valence-electron chi connectivity index (χ2n) is 9.51. The Labute approximate surface area is 194 Å². The molecule has 1 unspecified atom stereocenters. The van der Waals surface area contributed by atoms with Crippen LogP contribution in [0.1, 0.15) is 72.7 Å². The van der Waals surface area contributed by atoms with Gasteiger partial charge < -0.3 is 5.32 Å². The molecule has 4 rings (SSSR count). The van der Waals surface area contributed by atoms with Crippen molar-refractivity contribution in [2.24, 2.45) is 0 Å². The first kappa shape index (κ1) is 23.7. The Morgan fingerprint density at radius 1 is 1.18 bits per heavy atom. The van der Waals surface area contributed by atoms with Gasteiger partial charge in [-0.15, -0.1) is 0 Å². The lowest BCUT2D eigenvalue weighted by molar-refractivity contribution is -0.137. The standard InChI is InChI=1S/C24H26F3N5O2/c1-14-11-20(33)21(30-31(14)16-8-5-7-15(12-16)24(25,26)27)22(34)29-18-9-6-10-19-17(18)13-28-32(19)23(2,3)4/h5,7-8,11-13,18H,6,9-10H2,1-4H3,(H,29,34). The highest BCUT2D eigenvalue weighted by molar-refractivity contribution is 5.92. The number of nitrogens with one attached hydrogen (secondary N) is 1. The Morgan fingerprint density at radius 3 is 2.59 bits per heavy atom. The van der Waals surface area contributed by atoms with E-state index in [4.69, 9.17) is 0 Å². The van der Waals surface area contributed by atoms with E-state index in [-0.39, 0.29) is 23.0 Å². The second-order valence-corrected chi connectivity index (χ2v) is 9.51. The molecule has 0 radical (unpaired) electrons. The average molecular weight is 473 g/mol. The van der Waals surface area contributed by atoms with E-state index < -0.39 is 23.1 Å². The highest BCUT2D eigenvalue weighted by atomic mass is 19.4. The van der Waals surface area contributed by atoms with Crippen LogP contribution in [0.15, 0.2) is 41.3 Å². The summed E-state index contributed by atoms with van der Waals surface area (Å²) in [5.41, 5.74) is 0.332. The Bertz CT molecular complexity index is 1300. The fourth-order valence-electron chi connectivity index (χ4n) is 4.29. The zero-order valence-corrected chi connectivity index (χ0v) is 19.4. The molecule has 34 heavy (non-hydrogen) atoms. The number of hydrogen-bond donors (Lipinski definition) is 1. The molecule has 0 saturated heterocycles. The normalized spacial score (nSPS) is 16.3. The molecule has 1 N–H and O–H groups in total. The van der Waals surface area contributed by atoms with Crippen molar-refractivity contribution < 1.29 is 18.0 Å². The molecule has 2 aromatic heterocycles. The van der Waals surface area contributed by atoms with Crippen LogP contribution in [0.25, 0.3) is 5.69 Å². The van der Waals surface area contributed by atoms with Crippen LogP contribution in [-0.4, -0.2) is 25.5 Å². The summed E-state index contributed by atoms with van der Waals surface area (Å²) in [5.74, 6) is -0.674. The lowest BCUT2D eigenvalue weighted by atomic mass is 9.92. The predicted molar refractivity (Wildman–Crippen MR) is 120 cm³/mol. The van der Waals surface area contributed by atoms with Crippen LogP contribution in [-0.2, 0) is 18.1 Å². The van der Waals surface area contributed by atoms with Gasteiger partial charge in [0.05, 0.1) is 29.0 Å². The number of alkyl halides is 3. The van der Waals surface area contributed by atoms with Crippen LogP contribution in [0.3, 0.4) is 0 Å². The fraction of sp³-hybridized carbons (Fsp3) is 0.417. The molecule has 10 heteroatoms. The molecule has 7 nitrogen and oxygen atoms in total. The van der Waals surface area contributed by atoms with Gasteiger partial charge >= 0.3 is 6.18 Å². The second kappa shape index (κ2) is 8.41. The highest BCUT2D eigenvalue weighted by Crippen LogP contribution is 2.33. The van der Waals surface area contributed by atoms with Crippen molar-refractivity contribution in [2.45, 2.75) is 64.7 Å². The molecule has 1 amide bonds. The van der Waals surface area contributed by atoms with Gasteiger partial charge in [0, 0.05) is 23.0 Å². The minimum atomic E-state index is -4.53. The molecule has 2 heterocycles. The minimum Gasteiger partial charge on any atom is -0.344 e. The van der Waals surface area contributed by atoms with E-state index in [1.54, 1.807) is 13.1 Å². The SMILES string of the molecule is Cc1cc(=O)c(C(=O)NC2CCCc3c2cnn3C(C)(C)C)nn1-c1cccc(C(F)(F)F)c1. The molecule has 1 aromatic carbocycles. The van der Waals surface area contributed by atoms with Gasteiger partial charge in [-0.2, -0.15) is 23.4 Å². The zero-order valence-electron chi connectivity index (χ0n) is 19.4. The van der Waals surface area contributed by atoms with Gasteiger partial charge in [0.25, 0.3) is 5.91 Å². The van der Waals surface area contributed by atoms with Gasteiger partial charge in [-0.05, 0) is 65.2 Å². The summed E-state index contributed by atoms with van der Waals surface area (Å²) in [6.45, 7) is 7.70. The van der Waals surface area contributed by atoms with Crippen LogP contribution in [0.4, 0.5) is 13.2 Å². The van der Waals surface area contributed by atoms with E-state index in [0.29, 0.717) is 12.1 Å². The lowest BCUT2D eigenvalue weighted by Crippen LogP contribution is -2.36. The van der Waals surface area contributed by atoms with E-state index in [9.17, 15) is 22.8 Å². The van der Waals surface area contributed by atoms with Crippen LogP contribution < -0.4 is 10.7 Å². The number of aryl methyl sites for hydroxylation is 1. The Morgan fingerprint density at radius 2 is 1.91 bits per heavy atom. The number of fused-ring (bicyclic) bond motifs is 1. The van der Waals surface area contributed by atoms with Gasteiger partial charge in [0.1, 0.15) is 0 Å². The maximum atomic E-state index is 13.2. The van der Waals surface area contributed by atoms with Crippen molar-refractivity contribution >= 4 is 5.91 Å². The topological polar surface area (TPSA) is 81.8 Å². The van der Waals surface area contributed by atoms with Gasteiger partial charge in [-0.25, -0.2) is 4.68 Å². The minimum absolute atomic E-state index is 0.104. The molecule has 1 aliphatic carbocycles. The molecule has 0 aliphatic heterocycles. The van der Waals surface area contributed by atoms with Gasteiger partial charge in [0.2, 0.25) is 5.43 Å². The molecule has 1 atom stereocenters. The molecule has 0 bridgehead atoms. The van der Waals surface area contributed by atoms with Crippen molar-refractivity contribution in [3.63, 3.8) is 0 Å². The Hall–Kier alpha value is -3.43. The maximum Gasteiger partial charge on any atom is 0.416 e. The molecular formula is C24H26F3N5O2. The number of benzene rings is 1. The molecule has 0 fully saturated rings. The predicted octanol–water partition coefficient (Wildman–Crippen LogP) is 4.32. The number of carbonyl (C=O) groups excluding carboxylic acids is 1. The summed E-state index contributed by atoms with van der Waals surface area (Å²) in [6.07, 6.45) is -0.421. The highest BCUT2D eigenvalue weighted by Gasteiger charge is 2.32. The molecule has 0 spiro atoms. The van der Waals surface area contributed by atoms with Crippen LogP contribution in [0, 0.1) is 6.92 Å². The summed E-state index contributed by atoms with van der Waals surface area (Å²) >= 11 is 0. The van der Waals surface area contributed by atoms with Gasteiger partial charge in [0.15, 0.2) is 5.69 Å². The summed E-state index contributed by atoms with van der Waals surface area (Å²) in [5, 5.41) is 11.5. The smallest absolute Gasteiger partial charge is 0.344 e. The average Bonchev–Trinajstić information content (AvgIpc) is 3.19. The number of hydrogen-bond acceptors (Lipinski definition) is 4. The summed E-state index contributed by atoms with van der Waals surface area (Å²) in [6, 6.07) is 5.44. The number of carbonyl (C=O) groups is 1. The summed E-state index contributed by atoms with van der Waals surface area (Å²) in [7, 11) is 0. The fourth-order valence-corrected chi connectivity index (χ4v) is 4.29. The van der Waals surface area contributed by atoms with Crippen molar-refractivity contribution in [3.8, 4) is 5.69 Å². The van der Waals surface area contributed by atoms with Crippen LogP contribution >= 0.6 is 0 Å². The Balaban J connectivity index is 1.66. The van der Waals surface area contributed by atoms with Gasteiger partial charge in [-0.3, -0.25) is 14.3 Å². The molecule has 180 valence electrons. The number of aromatic nitrogens is 4. The summed E-state index contributed by atoms with van der Waals surface area (Å²) in [4.78, 5) is 25.7. The number of nitrogens with zero attached hydrogens (tertiary/aromatic N) is 4. The third-order valence-electron chi connectivity index (χ3n) is 5.86. The maximum absolute atomic E-state index is 13.2. The van der Waals surface area contributed by atoms with Crippen molar-refractivity contribution in [3.05, 3.63) is 75.0 Å². The Kier molecular flexibility index (Phi) is 5.87. The number of amides is 1. The first-order chi connectivity index (χ1) is 15.9. The van der Waals surface area contributed by atoms with E-state index in [1.165, 1.54) is 22.9 Å². The lowest BCUT2D eigenvalue weighted by Gasteiger charge is -2.28. The van der Waals surface area contributed by atoms with E-state index in [1.807, 2.05) is 4.68 Å². The molecule has 1 aliphatic rings. The third kappa shape index (κ3) is 4.49. The van der Waals surface area contributed by atoms with E-state index in [2.05, 4.69) is 36.3 Å². The zero-order chi connectivity index (χ0) is 24.8. The van der Waals surface area contributed by atoms with Crippen molar-refractivity contribution in [1.82, 2.24) is 24.9 Å². The molecule has 3 aromatic rings. The molecular weight excluding hydrogens is 447 g/mol. The van der Waals surface area contributed by atoms with Crippen molar-refractivity contribution in [1.29, 1.82) is 0 Å². The largest absolute Gasteiger partial charge is 0.416 e. The van der Waals surface area contributed by atoms with E-state index in [0.717, 1.165) is 36.2 Å². The number of halogens is 3. The summed E-state index contributed by atoms with van der Waals surface area (Å²) < 4.78 is 42.6. The van der Waals surface area contributed by atoms with E-state index >= 15 is 0 Å². The van der Waals surface area contributed by atoms with Gasteiger partial charge in [-0.1, -0.05) is 6.07 Å². The van der Waals surface area contributed by atoms with Crippen LogP contribution in [0.2, 0.25) is 0 Å². The van der Waals surface area contributed by atoms with Crippen LogP contribution in [0.5, 0.6) is 0 Å². The number of rotatable bonds is 3. The first-order valence-corrected chi connectivity index (χ1v) is 11.0. The molecule has 0 saturated carbocycles. The monoisotopic (exact) mass is 473 g/mol.